The lowest BCUT2D eigenvalue weighted by Gasteiger charge is -2.26. The van der Waals surface area contributed by atoms with Gasteiger partial charge in [0.1, 0.15) is 0 Å². The van der Waals surface area contributed by atoms with Crippen molar-refractivity contribution < 1.29 is 4.79 Å². The maximum atomic E-state index is 12.4. The summed E-state index contributed by atoms with van der Waals surface area (Å²) in [4.78, 5) is 12.4. The van der Waals surface area contributed by atoms with Gasteiger partial charge < -0.3 is 5.32 Å². The Labute approximate surface area is 151 Å². The molecule has 1 aliphatic carbocycles. The lowest BCUT2D eigenvalue weighted by molar-refractivity contribution is -0.122. The van der Waals surface area contributed by atoms with Crippen molar-refractivity contribution in [1.29, 1.82) is 0 Å². The fourth-order valence-corrected chi connectivity index (χ4v) is 3.84. The van der Waals surface area contributed by atoms with E-state index in [9.17, 15) is 4.79 Å². The number of nitrogens with zero attached hydrogens (tertiary/aromatic N) is 2. The number of nitrogens with one attached hydrogen (secondary N) is 1. The van der Waals surface area contributed by atoms with Crippen LogP contribution >= 0.6 is 11.6 Å². The highest BCUT2D eigenvalue weighted by molar-refractivity contribution is 6.35. The fraction of sp³-hybridized carbons (Fsp3) is 0.300. The molecule has 0 fully saturated rings. The third-order valence-electron chi connectivity index (χ3n) is 4.89. The Bertz CT molecular complexity index is 918. The third kappa shape index (κ3) is 3.27. The van der Waals surface area contributed by atoms with E-state index in [1.807, 2.05) is 28.9 Å². The number of fused-ring (bicyclic) bond motifs is 2. The molecule has 0 saturated heterocycles. The van der Waals surface area contributed by atoms with Gasteiger partial charge in [-0.2, -0.15) is 5.10 Å². The number of hydrogen-bond acceptors (Lipinski definition) is 2. The van der Waals surface area contributed by atoms with Gasteiger partial charge in [-0.3, -0.25) is 9.48 Å². The van der Waals surface area contributed by atoms with E-state index in [2.05, 4.69) is 28.6 Å². The first kappa shape index (κ1) is 16.2. The molecular formula is C20H20ClN3O. The zero-order valence-corrected chi connectivity index (χ0v) is 14.7. The van der Waals surface area contributed by atoms with Gasteiger partial charge in [0.05, 0.1) is 29.3 Å². The molecule has 1 aliphatic rings. The predicted molar refractivity (Wildman–Crippen MR) is 99.6 cm³/mol. The van der Waals surface area contributed by atoms with Crippen molar-refractivity contribution in [2.75, 3.05) is 0 Å². The average molecular weight is 354 g/mol. The number of aryl methyl sites for hydroxylation is 2. The number of hydrogen-bond donors (Lipinski definition) is 1. The Hall–Kier alpha value is -2.33. The first-order valence-electron chi connectivity index (χ1n) is 8.69. The monoisotopic (exact) mass is 353 g/mol. The summed E-state index contributed by atoms with van der Waals surface area (Å²) in [6.07, 6.45) is 5.38. The molecule has 0 saturated carbocycles. The molecule has 1 atom stereocenters. The summed E-state index contributed by atoms with van der Waals surface area (Å²) in [5.41, 5.74) is 3.58. The van der Waals surface area contributed by atoms with Crippen LogP contribution < -0.4 is 5.32 Å². The molecule has 0 bridgehead atoms. The molecule has 1 amide bonds. The third-order valence-corrected chi connectivity index (χ3v) is 5.22. The first-order chi connectivity index (χ1) is 12.2. The SMILES string of the molecule is O=C(CCn1ncc2c(Cl)cccc21)NC1CCCc2ccccc21. The minimum Gasteiger partial charge on any atom is -0.349 e. The maximum Gasteiger partial charge on any atom is 0.222 e. The summed E-state index contributed by atoms with van der Waals surface area (Å²) in [5.74, 6) is 0.0624. The van der Waals surface area contributed by atoms with Crippen LogP contribution in [-0.2, 0) is 17.8 Å². The lowest BCUT2D eigenvalue weighted by atomic mass is 9.88. The van der Waals surface area contributed by atoms with Crippen molar-refractivity contribution in [1.82, 2.24) is 15.1 Å². The highest BCUT2D eigenvalue weighted by Gasteiger charge is 2.21. The van der Waals surface area contributed by atoms with Crippen LogP contribution in [0.1, 0.15) is 36.4 Å². The van der Waals surface area contributed by atoms with Crippen molar-refractivity contribution >= 4 is 28.4 Å². The molecule has 1 unspecified atom stereocenters. The van der Waals surface area contributed by atoms with Gasteiger partial charge in [-0.25, -0.2) is 0 Å². The average Bonchev–Trinajstić information content (AvgIpc) is 3.05. The molecule has 1 heterocycles. The van der Waals surface area contributed by atoms with Gasteiger partial charge in [0, 0.05) is 11.8 Å². The topological polar surface area (TPSA) is 46.9 Å². The van der Waals surface area contributed by atoms with Crippen LogP contribution in [0.3, 0.4) is 0 Å². The predicted octanol–water partition coefficient (Wildman–Crippen LogP) is 4.27. The van der Waals surface area contributed by atoms with E-state index >= 15 is 0 Å². The second-order valence-corrected chi connectivity index (χ2v) is 6.91. The molecule has 0 radical (unpaired) electrons. The zero-order valence-electron chi connectivity index (χ0n) is 13.9. The number of carbonyl (C=O) groups excluding carboxylic acids is 1. The number of rotatable bonds is 4. The van der Waals surface area contributed by atoms with Gasteiger partial charge in [0.2, 0.25) is 5.91 Å². The molecule has 3 aromatic rings. The van der Waals surface area contributed by atoms with Gasteiger partial charge in [-0.05, 0) is 42.5 Å². The van der Waals surface area contributed by atoms with E-state index in [0.717, 1.165) is 30.2 Å². The Morgan fingerprint density at radius 1 is 1.24 bits per heavy atom. The van der Waals surface area contributed by atoms with Crippen LogP contribution in [0.4, 0.5) is 0 Å². The van der Waals surface area contributed by atoms with Gasteiger partial charge >= 0.3 is 0 Å². The molecule has 5 heteroatoms. The van der Waals surface area contributed by atoms with Crippen molar-refractivity contribution in [3.8, 4) is 0 Å². The molecule has 1 N–H and O–H groups in total. The molecule has 25 heavy (non-hydrogen) atoms. The number of halogens is 1. The second-order valence-electron chi connectivity index (χ2n) is 6.50. The summed E-state index contributed by atoms with van der Waals surface area (Å²) in [7, 11) is 0. The molecule has 4 nitrogen and oxygen atoms in total. The largest absolute Gasteiger partial charge is 0.349 e. The Balaban J connectivity index is 1.42. The van der Waals surface area contributed by atoms with Gasteiger partial charge in [0.25, 0.3) is 0 Å². The summed E-state index contributed by atoms with van der Waals surface area (Å²) in [5, 5.41) is 9.16. The van der Waals surface area contributed by atoms with E-state index in [0.29, 0.717) is 18.0 Å². The lowest BCUT2D eigenvalue weighted by Crippen LogP contribution is -2.31. The quantitative estimate of drug-likeness (QED) is 0.761. The smallest absolute Gasteiger partial charge is 0.222 e. The van der Waals surface area contributed by atoms with Crippen LogP contribution in [0.5, 0.6) is 0 Å². The standard InChI is InChI=1S/C20H20ClN3O/c21-17-8-4-10-19-16(17)13-22-24(19)12-11-20(25)23-18-9-3-6-14-5-1-2-7-15(14)18/h1-2,4-5,7-8,10,13,18H,3,6,9,11-12H2,(H,23,25). The van der Waals surface area contributed by atoms with Crippen LogP contribution in [0, 0.1) is 0 Å². The van der Waals surface area contributed by atoms with Crippen molar-refractivity contribution in [2.45, 2.75) is 38.3 Å². The van der Waals surface area contributed by atoms with E-state index in [-0.39, 0.29) is 11.9 Å². The highest BCUT2D eigenvalue weighted by atomic mass is 35.5. The number of aromatic nitrogens is 2. The molecular weight excluding hydrogens is 334 g/mol. The maximum absolute atomic E-state index is 12.4. The second kappa shape index (κ2) is 6.89. The van der Waals surface area contributed by atoms with Crippen LogP contribution in [0.25, 0.3) is 10.9 Å². The van der Waals surface area contributed by atoms with Crippen molar-refractivity contribution in [2.24, 2.45) is 0 Å². The molecule has 4 rings (SSSR count). The Kier molecular flexibility index (Phi) is 4.45. The van der Waals surface area contributed by atoms with Gasteiger partial charge in [0.15, 0.2) is 0 Å². The van der Waals surface area contributed by atoms with Crippen LogP contribution in [0.15, 0.2) is 48.7 Å². The minimum atomic E-state index is 0.0624. The van der Waals surface area contributed by atoms with E-state index in [4.69, 9.17) is 11.6 Å². The summed E-state index contributed by atoms with van der Waals surface area (Å²) < 4.78 is 1.84. The molecule has 0 spiro atoms. The summed E-state index contributed by atoms with van der Waals surface area (Å²) in [6, 6.07) is 14.3. The van der Waals surface area contributed by atoms with Crippen LogP contribution in [-0.4, -0.2) is 15.7 Å². The fourth-order valence-electron chi connectivity index (χ4n) is 3.62. The number of benzene rings is 2. The molecule has 128 valence electrons. The Morgan fingerprint density at radius 3 is 3.04 bits per heavy atom. The Morgan fingerprint density at radius 2 is 2.12 bits per heavy atom. The number of carbonyl (C=O) groups is 1. The van der Waals surface area contributed by atoms with Gasteiger partial charge in [-0.1, -0.05) is 41.9 Å². The van der Waals surface area contributed by atoms with Crippen LogP contribution in [0.2, 0.25) is 5.02 Å². The zero-order chi connectivity index (χ0) is 17.2. The highest BCUT2D eigenvalue weighted by Crippen LogP contribution is 2.29. The molecule has 1 aromatic heterocycles. The van der Waals surface area contributed by atoms with Gasteiger partial charge in [-0.15, -0.1) is 0 Å². The van der Waals surface area contributed by atoms with E-state index in [1.165, 1.54) is 11.1 Å². The number of amides is 1. The van der Waals surface area contributed by atoms with E-state index in [1.54, 1.807) is 6.20 Å². The molecule has 2 aromatic carbocycles. The summed E-state index contributed by atoms with van der Waals surface area (Å²) >= 11 is 6.18. The summed E-state index contributed by atoms with van der Waals surface area (Å²) in [6.45, 7) is 0.546. The normalized spacial score (nSPS) is 16.6. The molecule has 0 aliphatic heterocycles. The van der Waals surface area contributed by atoms with E-state index < -0.39 is 0 Å². The minimum absolute atomic E-state index is 0.0624. The van der Waals surface area contributed by atoms with Crippen molar-refractivity contribution in [3.05, 3.63) is 64.8 Å². The van der Waals surface area contributed by atoms with Crippen molar-refractivity contribution in [3.63, 3.8) is 0 Å². The first-order valence-corrected chi connectivity index (χ1v) is 9.07.